The Balaban J connectivity index is 1.90. The van der Waals surface area contributed by atoms with Gasteiger partial charge in [0.25, 0.3) is 5.91 Å². The molecule has 1 aromatic carbocycles. The third kappa shape index (κ3) is 6.32. The molecule has 2 aromatic rings. The Labute approximate surface area is 152 Å². The van der Waals surface area contributed by atoms with Gasteiger partial charge in [-0.1, -0.05) is 31.2 Å². The van der Waals surface area contributed by atoms with Gasteiger partial charge in [-0.05, 0) is 29.7 Å². The number of thiophene rings is 1. The largest absolute Gasteiger partial charge is 0.377 e. The van der Waals surface area contributed by atoms with E-state index >= 15 is 0 Å². The Morgan fingerprint density at radius 2 is 1.80 bits per heavy atom. The van der Waals surface area contributed by atoms with Crippen LogP contribution in [-0.4, -0.2) is 18.4 Å². The molecule has 1 aromatic heterocycles. The molecule has 0 radical (unpaired) electrons. The van der Waals surface area contributed by atoms with E-state index in [2.05, 4.69) is 17.6 Å². The maximum atomic E-state index is 12.3. The van der Waals surface area contributed by atoms with Crippen LogP contribution in [0.3, 0.4) is 0 Å². The molecular formula is C19H24N2O3S. The highest BCUT2D eigenvalue weighted by molar-refractivity contribution is 7.14. The molecule has 2 rings (SSSR count). The molecule has 1 heterocycles. The zero-order valence-corrected chi connectivity index (χ0v) is 15.4. The van der Waals surface area contributed by atoms with Gasteiger partial charge in [-0.3, -0.25) is 9.59 Å². The van der Waals surface area contributed by atoms with Gasteiger partial charge < -0.3 is 15.4 Å². The smallest absolute Gasteiger partial charge is 0.261 e. The van der Waals surface area contributed by atoms with E-state index in [-0.39, 0.29) is 11.8 Å². The SMILES string of the molecule is CCCOCc1ccccc1CNC(=O)c1ccc(CNC(C)=O)s1. The lowest BCUT2D eigenvalue weighted by Gasteiger charge is -2.10. The Kier molecular flexibility index (Phi) is 7.63. The van der Waals surface area contributed by atoms with E-state index in [1.165, 1.54) is 18.3 Å². The molecule has 0 saturated heterocycles. The molecule has 0 aliphatic heterocycles. The molecule has 2 N–H and O–H groups in total. The number of benzene rings is 1. The Morgan fingerprint density at radius 3 is 2.52 bits per heavy atom. The van der Waals surface area contributed by atoms with Crippen molar-refractivity contribution in [2.75, 3.05) is 6.61 Å². The number of rotatable bonds is 9. The van der Waals surface area contributed by atoms with Gasteiger partial charge in [-0.2, -0.15) is 0 Å². The molecular weight excluding hydrogens is 336 g/mol. The number of ether oxygens (including phenoxy) is 1. The van der Waals surface area contributed by atoms with Crippen molar-refractivity contribution in [3.8, 4) is 0 Å². The van der Waals surface area contributed by atoms with Crippen molar-refractivity contribution in [2.24, 2.45) is 0 Å². The van der Waals surface area contributed by atoms with Gasteiger partial charge in [0.1, 0.15) is 0 Å². The number of nitrogens with one attached hydrogen (secondary N) is 2. The van der Waals surface area contributed by atoms with Crippen molar-refractivity contribution in [3.05, 3.63) is 57.3 Å². The number of amides is 2. The average Bonchev–Trinajstić information content (AvgIpc) is 3.08. The molecule has 0 spiro atoms. The zero-order valence-electron chi connectivity index (χ0n) is 14.6. The normalized spacial score (nSPS) is 10.5. The zero-order chi connectivity index (χ0) is 18.1. The minimum absolute atomic E-state index is 0.0821. The van der Waals surface area contributed by atoms with E-state index in [0.717, 1.165) is 29.0 Å². The molecule has 0 fully saturated rings. The number of carbonyl (C=O) groups is 2. The predicted molar refractivity (Wildman–Crippen MR) is 99.4 cm³/mol. The molecule has 5 nitrogen and oxygen atoms in total. The van der Waals surface area contributed by atoms with Crippen LogP contribution in [0.4, 0.5) is 0 Å². The van der Waals surface area contributed by atoms with Crippen LogP contribution >= 0.6 is 11.3 Å². The van der Waals surface area contributed by atoms with Crippen molar-refractivity contribution >= 4 is 23.2 Å². The van der Waals surface area contributed by atoms with E-state index in [4.69, 9.17) is 4.74 Å². The van der Waals surface area contributed by atoms with Crippen LogP contribution in [0.15, 0.2) is 36.4 Å². The highest BCUT2D eigenvalue weighted by Gasteiger charge is 2.10. The predicted octanol–water partition coefficient (Wildman–Crippen LogP) is 3.24. The van der Waals surface area contributed by atoms with Gasteiger partial charge in [0, 0.05) is 25.0 Å². The molecule has 134 valence electrons. The summed E-state index contributed by atoms with van der Waals surface area (Å²) in [6.07, 6.45) is 0.984. The summed E-state index contributed by atoms with van der Waals surface area (Å²) >= 11 is 1.39. The quantitative estimate of drug-likeness (QED) is 0.675. The average molecular weight is 360 g/mol. The third-order valence-electron chi connectivity index (χ3n) is 3.56. The fourth-order valence-corrected chi connectivity index (χ4v) is 3.13. The van der Waals surface area contributed by atoms with Crippen molar-refractivity contribution in [1.82, 2.24) is 10.6 Å². The van der Waals surface area contributed by atoms with E-state index in [1.807, 2.05) is 30.3 Å². The van der Waals surface area contributed by atoms with Crippen LogP contribution in [0.2, 0.25) is 0 Å². The molecule has 0 bridgehead atoms. The summed E-state index contributed by atoms with van der Waals surface area (Å²) in [6, 6.07) is 11.6. The first-order valence-electron chi connectivity index (χ1n) is 8.36. The summed E-state index contributed by atoms with van der Waals surface area (Å²) in [5, 5.41) is 5.68. The fourth-order valence-electron chi connectivity index (χ4n) is 2.27. The second kappa shape index (κ2) is 9.96. The van der Waals surface area contributed by atoms with Gasteiger partial charge in [0.05, 0.1) is 18.0 Å². The second-order valence-corrected chi connectivity index (χ2v) is 6.85. The van der Waals surface area contributed by atoms with Crippen LogP contribution in [-0.2, 0) is 29.2 Å². The molecule has 0 unspecified atom stereocenters. The lowest BCUT2D eigenvalue weighted by Crippen LogP contribution is -2.22. The highest BCUT2D eigenvalue weighted by Crippen LogP contribution is 2.17. The van der Waals surface area contributed by atoms with E-state index in [9.17, 15) is 9.59 Å². The van der Waals surface area contributed by atoms with Crippen LogP contribution in [0.5, 0.6) is 0 Å². The van der Waals surface area contributed by atoms with Crippen molar-refractivity contribution in [2.45, 2.75) is 40.0 Å². The number of hydrogen-bond donors (Lipinski definition) is 2. The summed E-state index contributed by atoms with van der Waals surface area (Å²) in [5.41, 5.74) is 2.15. The first-order chi connectivity index (χ1) is 12.1. The topological polar surface area (TPSA) is 67.4 Å². The maximum Gasteiger partial charge on any atom is 0.261 e. The van der Waals surface area contributed by atoms with Gasteiger partial charge in [0.2, 0.25) is 5.91 Å². The minimum Gasteiger partial charge on any atom is -0.377 e. The van der Waals surface area contributed by atoms with Crippen LogP contribution in [0.25, 0.3) is 0 Å². The van der Waals surface area contributed by atoms with Gasteiger partial charge >= 0.3 is 0 Å². The number of carbonyl (C=O) groups excluding carboxylic acids is 2. The first kappa shape index (κ1) is 19.1. The monoisotopic (exact) mass is 360 g/mol. The lowest BCUT2D eigenvalue weighted by atomic mass is 10.1. The summed E-state index contributed by atoms with van der Waals surface area (Å²) < 4.78 is 5.61. The molecule has 0 atom stereocenters. The van der Waals surface area contributed by atoms with E-state index in [0.29, 0.717) is 24.6 Å². The first-order valence-corrected chi connectivity index (χ1v) is 9.17. The van der Waals surface area contributed by atoms with Gasteiger partial charge in [0.15, 0.2) is 0 Å². The van der Waals surface area contributed by atoms with Crippen molar-refractivity contribution in [1.29, 1.82) is 0 Å². The molecule has 25 heavy (non-hydrogen) atoms. The van der Waals surface area contributed by atoms with Crippen molar-refractivity contribution in [3.63, 3.8) is 0 Å². The van der Waals surface area contributed by atoms with Crippen molar-refractivity contribution < 1.29 is 14.3 Å². The summed E-state index contributed by atoms with van der Waals surface area (Å²) in [5.74, 6) is -0.190. The third-order valence-corrected chi connectivity index (χ3v) is 4.64. The molecule has 0 aliphatic rings. The number of hydrogen-bond acceptors (Lipinski definition) is 4. The van der Waals surface area contributed by atoms with Gasteiger partial charge in [-0.25, -0.2) is 0 Å². The van der Waals surface area contributed by atoms with Crippen LogP contribution in [0, 0.1) is 0 Å². The minimum atomic E-state index is -0.108. The summed E-state index contributed by atoms with van der Waals surface area (Å²) in [4.78, 5) is 24.9. The van der Waals surface area contributed by atoms with Crippen LogP contribution < -0.4 is 10.6 Å². The fraction of sp³-hybridized carbons (Fsp3) is 0.368. The molecule has 0 saturated carbocycles. The summed E-state index contributed by atoms with van der Waals surface area (Å²) in [6.45, 7) is 5.75. The maximum absolute atomic E-state index is 12.3. The molecule has 6 heteroatoms. The Morgan fingerprint density at radius 1 is 1.04 bits per heavy atom. The van der Waals surface area contributed by atoms with Gasteiger partial charge in [-0.15, -0.1) is 11.3 Å². The van der Waals surface area contributed by atoms with Crippen LogP contribution in [0.1, 0.15) is 45.9 Å². The van der Waals surface area contributed by atoms with E-state index in [1.54, 1.807) is 6.07 Å². The molecule has 0 aliphatic carbocycles. The lowest BCUT2D eigenvalue weighted by molar-refractivity contribution is -0.119. The summed E-state index contributed by atoms with van der Waals surface area (Å²) in [7, 11) is 0. The Bertz CT molecular complexity index is 712. The standard InChI is InChI=1S/C19H24N2O3S/c1-3-10-24-13-16-7-5-4-6-15(16)11-21-19(23)18-9-8-17(25-18)12-20-14(2)22/h4-9H,3,10-13H2,1-2H3,(H,20,22)(H,21,23). The van der Waals surface area contributed by atoms with E-state index < -0.39 is 0 Å². The Hall–Kier alpha value is -2.18. The second-order valence-electron chi connectivity index (χ2n) is 5.68. The molecule has 2 amide bonds. The highest BCUT2D eigenvalue weighted by atomic mass is 32.1.